The van der Waals surface area contributed by atoms with Gasteiger partial charge < -0.3 is 5.32 Å². The molecule has 1 aromatic heterocycles. The lowest BCUT2D eigenvalue weighted by Gasteiger charge is -2.08. The summed E-state index contributed by atoms with van der Waals surface area (Å²) < 4.78 is 28.1. The second kappa shape index (κ2) is 6.64. The molecule has 1 heterocycles. The third-order valence-corrected chi connectivity index (χ3v) is 4.27. The highest BCUT2D eigenvalue weighted by Gasteiger charge is 2.13. The number of anilines is 1. The minimum Gasteiger partial charge on any atom is -0.322 e. The zero-order valence-electron chi connectivity index (χ0n) is 14.4. The molecule has 3 aromatic carbocycles. The Balaban J connectivity index is 1.72. The Labute approximate surface area is 154 Å². The third-order valence-electron chi connectivity index (χ3n) is 4.27. The number of fused-ring (bicyclic) bond motifs is 1. The molecule has 0 bridgehead atoms. The number of halogens is 2. The number of benzene rings is 3. The van der Waals surface area contributed by atoms with Crippen LogP contribution < -0.4 is 5.32 Å². The summed E-state index contributed by atoms with van der Waals surface area (Å²) in [6.07, 6.45) is 0. The van der Waals surface area contributed by atoms with Crippen molar-refractivity contribution in [3.63, 3.8) is 0 Å². The van der Waals surface area contributed by atoms with Crippen LogP contribution in [0.4, 0.5) is 14.5 Å². The minimum absolute atomic E-state index is 0.312. The Morgan fingerprint density at radius 3 is 2.22 bits per heavy atom. The molecule has 0 aliphatic carbocycles. The molecule has 0 radical (unpaired) electrons. The van der Waals surface area contributed by atoms with Crippen LogP contribution in [0.25, 0.3) is 16.7 Å². The van der Waals surface area contributed by atoms with E-state index in [0.717, 1.165) is 22.5 Å². The van der Waals surface area contributed by atoms with Gasteiger partial charge in [0, 0.05) is 16.9 Å². The van der Waals surface area contributed by atoms with Crippen LogP contribution in [0.3, 0.4) is 0 Å². The molecule has 0 aliphatic rings. The van der Waals surface area contributed by atoms with Crippen molar-refractivity contribution >= 4 is 22.6 Å². The Kier molecular flexibility index (Phi) is 4.16. The zero-order valence-corrected chi connectivity index (χ0v) is 14.4. The van der Waals surface area contributed by atoms with Crippen molar-refractivity contribution in [3.8, 4) is 5.69 Å². The molecule has 0 fully saturated rings. The Hall–Kier alpha value is -3.54. The summed E-state index contributed by atoms with van der Waals surface area (Å²) in [7, 11) is 0. The maximum absolute atomic E-state index is 13.2. The molecule has 0 aliphatic heterocycles. The van der Waals surface area contributed by atoms with Gasteiger partial charge in [0.15, 0.2) is 0 Å². The standard InChI is InChI=1S/C21H15F2N3O/c1-13-24-19-11-2-14(21(27)25-17-7-3-15(22)4-8-17)12-20(19)26(13)18-9-5-16(23)6-10-18/h2-12H,1H3,(H,25,27). The number of nitrogens with zero attached hydrogens (tertiary/aromatic N) is 2. The summed E-state index contributed by atoms with van der Waals surface area (Å²) in [6.45, 7) is 1.85. The van der Waals surface area contributed by atoms with E-state index in [1.54, 1.807) is 30.3 Å². The van der Waals surface area contributed by atoms with Crippen LogP contribution in [-0.4, -0.2) is 15.5 Å². The number of hydrogen-bond donors (Lipinski definition) is 1. The van der Waals surface area contributed by atoms with E-state index in [2.05, 4.69) is 10.3 Å². The van der Waals surface area contributed by atoms with Crippen molar-refractivity contribution in [2.75, 3.05) is 5.32 Å². The Morgan fingerprint density at radius 1 is 0.926 bits per heavy atom. The topological polar surface area (TPSA) is 46.9 Å². The molecule has 0 spiro atoms. The predicted octanol–water partition coefficient (Wildman–Crippen LogP) is 4.86. The van der Waals surface area contributed by atoms with E-state index in [1.165, 1.54) is 36.4 Å². The number of nitrogens with one attached hydrogen (secondary N) is 1. The summed E-state index contributed by atoms with van der Waals surface area (Å²) in [5, 5.41) is 2.74. The second-order valence-electron chi connectivity index (χ2n) is 6.14. The van der Waals surface area contributed by atoms with Crippen molar-refractivity contribution < 1.29 is 13.6 Å². The smallest absolute Gasteiger partial charge is 0.255 e. The normalized spacial score (nSPS) is 10.9. The molecule has 4 rings (SSSR count). The molecule has 1 amide bonds. The molecule has 0 saturated carbocycles. The van der Waals surface area contributed by atoms with Crippen molar-refractivity contribution in [1.82, 2.24) is 9.55 Å². The first kappa shape index (κ1) is 16.9. The Morgan fingerprint density at radius 2 is 1.56 bits per heavy atom. The summed E-state index contributed by atoms with van der Waals surface area (Å²) in [6, 6.07) is 16.8. The fourth-order valence-corrected chi connectivity index (χ4v) is 2.99. The fourth-order valence-electron chi connectivity index (χ4n) is 2.99. The zero-order chi connectivity index (χ0) is 19.0. The molecular formula is C21H15F2N3O. The van der Waals surface area contributed by atoms with E-state index in [9.17, 15) is 13.6 Å². The molecule has 134 valence electrons. The van der Waals surface area contributed by atoms with Gasteiger partial charge in [0.2, 0.25) is 0 Å². The highest BCUT2D eigenvalue weighted by molar-refractivity contribution is 6.06. The molecule has 4 nitrogen and oxygen atoms in total. The van der Waals surface area contributed by atoms with Gasteiger partial charge in [-0.1, -0.05) is 0 Å². The van der Waals surface area contributed by atoms with Gasteiger partial charge in [-0.25, -0.2) is 13.8 Å². The quantitative estimate of drug-likeness (QED) is 0.565. The first-order valence-corrected chi connectivity index (χ1v) is 8.33. The average molecular weight is 363 g/mol. The SMILES string of the molecule is Cc1nc2ccc(C(=O)Nc3ccc(F)cc3)cc2n1-c1ccc(F)cc1. The maximum atomic E-state index is 13.2. The number of aryl methyl sites for hydroxylation is 1. The van der Waals surface area contributed by atoms with Crippen molar-refractivity contribution in [1.29, 1.82) is 0 Å². The van der Waals surface area contributed by atoms with Gasteiger partial charge in [-0.2, -0.15) is 0 Å². The van der Waals surface area contributed by atoms with Crippen LogP contribution in [0.2, 0.25) is 0 Å². The number of hydrogen-bond acceptors (Lipinski definition) is 2. The van der Waals surface area contributed by atoms with Crippen LogP contribution in [0.1, 0.15) is 16.2 Å². The van der Waals surface area contributed by atoms with Crippen LogP contribution in [0.15, 0.2) is 66.7 Å². The van der Waals surface area contributed by atoms with Gasteiger partial charge in [0.1, 0.15) is 17.5 Å². The van der Waals surface area contributed by atoms with Gasteiger partial charge >= 0.3 is 0 Å². The van der Waals surface area contributed by atoms with E-state index in [1.807, 2.05) is 11.5 Å². The van der Waals surface area contributed by atoms with Gasteiger partial charge in [-0.3, -0.25) is 9.36 Å². The lowest BCUT2D eigenvalue weighted by molar-refractivity contribution is 0.102. The number of rotatable bonds is 3. The molecule has 0 atom stereocenters. The number of amides is 1. The van der Waals surface area contributed by atoms with E-state index in [0.29, 0.717) is 11.3 Å². The van der Waals surface area contributed by atoms with E-state index in [4.69, 9.17) is 0 Å². The molecule has 6 heteroatoms. The fraction of sp³-hybridized carbons (Fsp3) is 0.0476. The largest absolute Gasteiger partial charge is 0.322 e. The van der Waals surface area contributed by atoms with Crippen LogP contribution in [0.5, 0.6) is 0 Å². The van der Waals surface area contributed by atoms with Crippen LogP contribution in [0, 0.1) is 18.6 Å². The van der Waals surface area contributed by atoms with Gasteiger partial charge in [-0.15, -0.1) is 0 Å². The number of imidazole rings is 1. The lowest BCUT2D eigenvalue weighted by atomic mass is 10.1. The minimum atomic E-state index is -0.368. The average Bonchev–Trinajstić information content (AvgIpc) is 2.99. The number of carbonyl (C=O) groups is 1. The maximum Gasteiger partial charge on any atom is 0.255 e. The van der Waals surface area contributed by atoms with E-state index >= 15 is 0 Å². The molecule has 0 unspecified atom stereocenters. The van der Waals surface area contributed by atoms with E-state index < -0.39 is 0 Å². The summed E-state index contributed by atoms with van der Waals surface area (Å²) in [5.74, 6) is -0.269. The van der Waals surface area contributed by atoms with Crippen molar-refractivity contribution in [3.05, 3.63) is 89.8 Å². The molecule has 1 N–H and O–H groups in total. The van der Waals surface area contributed by atoms with Gasteiger partial charge in [-0.05, 0) is 73.7 Å². The van der Waals surface area contributed by atoms with E-state index in [-0.39, 0.29) is 17.5 Å². The first-order valence-electron chi connectivity index (χ1n) is 8.33. The monoisotopic (exact) mass is 363 g/mol. The molecule has 4 aromatic rings. The Bertz CT molecular complexity index is 1130. The van der Waals surface area contributed by atoms with Gasteiger partial charge in [0.25, 0.3) is 5.91 Å². The van der Waals surface area contributed by atoms with Gasteiger partial charge in [0.05, 0.1) is 11.0 Å². The lowest BCUT2D eigenvalue weighted by Crippen LogP contribution is -2.12. The molecule has 27 heavy (non-hydrogen) atoms. The third kappa shape index (κ3) is 3.29. The predicted molar refractivity (Wildman–Crippen MR) is 100 cm³/mol. The second-order valence-corrected chi connectivity index (χ2v) is 6.14. The molecular weight excluding hydrogens is 348 g/mol. The summed E-state index contributed by atoms with van der Waals surface area (Å²) in [5.41, 5.74) is 3.17. The van der Waals surface area contributed by atoms with Crippen molar-refractivity contribution in [2.45, 2.75) is 6.92 Å². The summed E-state index contributed by atoms with van der Waals surface area (Å²) in [4.78, 5) is 17.1. The highest BCUT2D eigenvalue weighted by atomic mass is 19.1. The highest BCUT2D eigenvalue weighted by Crippen LogP contribution is 2.23. The number of carbonyl (C=O) groups excluding carboxylic acids is 1. The first-order chi connectivity index (χ1) is 13.0. The molecule has 0 saturated heterocycles. The number of aromatic nitrogens is 2. The van der Waals surface area contributed by atoms with Crippen molar-refractivity contribution in [2.24, 2.45) is 0 Å². The summed E-state index contributed by atoms with van der Waals surface area (Å²) >= 11 is 0. The van der Waals surface area contributed by atoms with Crippen LogP contribution in [-0.2, 0) is 0 Å². The van der Waals surface area contributed by atoms with Crippen LogP contribution >= 0.6 is 0 Å².